The molecule has 0 unspecified atom stereocenters. The number of rotatable bonds is 6. The summed E-state index contributed by atoms with van der Waals surface area (Å²) >= 11 is 6.02. The molecule has 112 valence electrons. The number of aromatic nitrogens is 2. The Balaban J connectivity index is 2.25. The molecule has 2 aromatic rings. The normalized spacial score (nSPS) is 12.3. The minimum Gasteiger partial charge on any atom is -0.481 e. The average Bonchev–Trinajstić information content (AvgIpc) is 2.73. The zero-order valence-electron chi connectivity index (χ0n) is 11.5. The number of fused-ring (bicyclic) bond motifs is 1. The smallest absolute Gasteiger partial charge is 0.305 e. The van der Waals surface area contributed by atoms with E-state index in [1.54, 1.807) is 28.8 Å². The number of pyridine rings is 1. The van der Waals surface area contributed by atoms with E-state index in [0.717, 1.165) is 6.42 Å². The fourth-order valence-corrected chi connectivity index (χ4v) is 2.47. The molecule has 6 nitrogen and oxygen atoms in total. The highest BCUT2D eigenvalue weighted by Gasteiger charge is 2.21. The molecule has 0 saturated carbocycles. The summed E-state index contributed by atoms with van der Waals surface area (Å²) in [6.07, 6.45) is 2.94. The van der Waals surface area contributed by atoms with E-state index in [1.165, 1.54) is 0 Å². The van der Waals surface area contributed by atoms with Crippen molar-refractivity contribution in [3.63, 3.8) is 0 Å². The van der Waals surface area contributed by atoms with Crippen LogP contribution >= 0.6 is 11.6 Å². The third kappa shape index (κ3) is 3.52. The highest BCUT2D eigenvalue weighted by Crippen LogP contribution is 2.18. The Labute approximate surface area is 126 Å². The molecule has 1 atom stereocenters. The number of hydrogen-bond acceptors (Lipinski definition) is 3. The molecule has 0 radical (unpaired) electrons. The Hall–Kier alpha value is -2.08. The molecule has 1 amide bonds. The largest absolute Gasteiger partial charge is 0.481 e. The van der Waals surface area contributed by atoms with Crippen molar-refractivity contribution in [2.24, 2.45) is 0 Å². The standard InChI is InChI=1S/C14H16ClN3O3/c1-2-5-9(8-11(19)20)16-14(21)12-13(15)17-10-6-3-4-7-18(10)12/h3-4,6-7,9H,2,5,8H2,1H3,(H,16,21)(H,19,20)/t9-/m1/s1. The Kier molecular flexibility index (Phi) is 4.80. The first kappa shape index (κ1) is 15.3. The number of carboxylic acid groups (broad SMARTS) is 1. The Morgan fingerprint density at radius 3 is 2.90 bits per heavy atom. The van der Waals surface area contributed by atoms with Crippen LogP contribution in [0.25, 0.3) is 5.65 Å². The van der Waals surface area contributed by atoms with Crippen LogP contribution in [0.3, 0.4) is 0 Å². The molecular weight excluding hydrogens is 294 g/mol. The topological polar surface area (TPSA) is 83.7 Å². The van der Waals surface area contributed by atoms with Gasteiger partial charge in [-0.3, -0.25) is 14.0 Å². The third-order valence-electron chi connectivity index (χ3n) is 3.10. The Morgan fingerprint density at radius 2 is 2.24 bits per heavy atom. The molecular formula is C14H16ClN3O3. The third-order valence-corrected chi connectivity index (χ3v) is 3.36. The molecule has 0 bridgehead atoms. The van der Waals surface area contributed by atoms with E-state index in [4.69, 9.17) is 16.7 Å². The van der Waals surface area contributed by atoms with Crippen LogP contribution in [0.2, 0.25) is 5.15 Å². The van der Waals surface area contributed by atoms with Gasteiger partial charge in [0.25, 0.3) is 5.91 Å². The molecule has 7 heteroatoms. The summed E-state index contributed by atoms with van der Waals surface area (Å²) in [5.74, 6) is -1.36. The second kappa shape index (κ2) is 6.58. The first-order valence-corrected chi connectivity index (χ1v) is 7.06. The van der Waals surface area contributed by atoms with E-state index >= 15 is 0 Å². The summed E-state index contributed by atoms with van der Waals surface area (Å²) in [5.41, 5.74) is 0.789. The second-order valence-corrected chi connectivity index (χ2v) is 5.09. The van der Waals surface area contributed by atoms with Crippen LogP contribution in [0.1, 0.15) is 36.7 Å². The van der Waals surface area contributed by atoms with Gasteiger partial charge in [0.1, 0.15) is 5.65 Å². The van der Waals surface area contributed by atoms with Gasteiger partial charge in [0, 0.05) is 12.2 Å². The fraction of sp³-hybridized carbons (Fsp3) is 0.357. The van der Waals surface area contributed by atoms with Gasteiger partial charge in [0.15, 0.2) is 10.8 Å². The van der Waals surface area contributed by atoms with Crippen LogP contribution in [0.4, 0.5) is 0 Å². The highest BCUT2D eigenvalue weighted by atomic mass is 35.5. The van der Waals surface area contributed by atoms with Gasteiger partial charge in [-0.2, -0.15) is 0 Å². The highest BCUT2D eigenvalue weighted by molar-refractivity contribution is 6.32. The van der Waals surface area contributed by atoms with E-state index in [-0.39, 0.29) is 17.3 Å². The number of hydrogen-bond donors (Lipinski definition) is 2. The van der Waals surface area contributed by atoms with E-state index in [1.807, 2.05) is 6.92 Å². The first-order valence-electron chi connectivity index (χ1n) is 6.68. The van der Waals surface area contributed by atoms with Gasteiger partial charge >= 0.3 is 5.97 Å². The van der Waals surface area contributed by atoms with Gasteiger partial charge in [-0.1, -0.05) is 31.0 Å². The lowest BCUT2D eigenvalue weighted by Crippen LogP contribution is -2.37. The number of carbonyl (C=O) groups excluding carboxylic acids is 1. The maximum atomic E-state index is 12.4. The lowest BCUT2D eigenvalue weighted by Gasteiger charge is -2.16. The molecule has 21 heavy (non-hydrogen) atoms. The molecule has 2 rings (SSSR count). The maximum Gasteiger partial charge on any atom is 0.305 e. The molecule has 0 saturated heterocycles. The fourth-order valence-electron chi connectivity index (χ4n) is 2.21. The van der Waals surface area contributed by atoms with E-state index in [9.17, 15) is 9.59 Å². The molecule has 0 aromatic carbocycles. The second-order valence-electron chi connectivity index (χ2n) is 4.74. The van der Waals surface area contributed by atoms with Crippen molar-refractivity contribution in [1.29, 1.82) is 0 Å². The van der Waals surface area contributed by atoms with Gasteiger partial charge in [0.2, 0.25) is 0 Å². The first-order chi connectivity index (χ1) is 10.0. The summed E-state index contributed by atoms with van der Waals surface area (Å²) in [4.78, 5) is 27.3. The number of nitrogens with zero attached hydrogens (tertiary/aromatic N) is 2. The minimum absolute atomic E-state index is 0.101. The van der Waals surface area contributed by atoms with Gasteiger partial charge in [-0.15, -0.1) is 0 Å². The number of imidazole rings is 1. The van der Waals surface area contributed by atoms with Gasteiger partial charge in [-0.25, -0.2) is 4.98 Å². The van der Waals surface area contributed by atoms with Crippen molar-refractivity contribution in [3.8, 4) is 0 Å². The number of nitrogens with one attached hydrogen (secondary N) is 1. The van der Waals surface area contributed by atoms with Crippen molar-refractivity contribution in [2.45, 2.75) is 32.2 Å². The predicted molar refractivity (Wildman–Crippen MR) is 78.6 cm³/mol. The van der Waals surface area contributed by atoms with Crippen molar-refractivity contribution >= 4 is 29.1 Å². The van der Waals surface area contributed by atoms with Crippen LogP contribution in [-0.2, 0) is 4.79 Å². The SMILES string of the molecule is CCC[C@H](CC(=O)O)NC(=O)c1c(Cl)nc2ccccn12. The molecule has 2 heterocycles. The number of aliphatic carboxylic acids is 1. The van der Waals surface area contributed by atoms with E-state index < -0.39 is 17.9 Å². The van der Waals surface area contributed by atoms with Gasteiger partial charge in [0.05, 0.1) is 6.42 Å². The van der Waals surface area contributed by atoms with Crippen LogP contribution in [0.5, 0.6) is 0 Å². The summed E-state index contributed by atoms with van der Waals surface area (Å²) in [5, 5.41) is 11.7. The van der Waals surface area contributed by atoms with Crippen molar-refractivity contribution in [3.05, 3.63) is 35.2 Å². The van der Waals surface area contributed by atoms with Crippen LogP contribution in [0.15, 0.2) is 24.4 Å². The van der Waals surface area contributed by atoms with Crippen molar-refractivity contribution in [1.82, 2.24) is 14.7 Å². The lowest BCUT2D eigenvalue weighted by molar-refractivity contribution is -0.137. The van der Waals surface area contributed by atoms with E-state index in [0.29, 0.717) is 12.1 Å². The Morgan fingerprint density at radius 1 is 1.48 bits per heavy atom. The number of amides is 1. The van der Waals surface area contributed by atoms with Crippen LogP contribution in [0, 0.1) is 0 Å². The summed E-state index contributed by atoms with van der Waals surface area (Å²) in [6, 6.07) is 4.88. The average molecular weight is 310 g/mol. The maximum absolute atomic E-state index is 12.4. The van der Waals surface area contributed by atoms with Crippen molar-refractivity contribution in [2.75, 3.05) is 0 Å². The quantitative estimate of drug-likeness (QED) is 0.858. The predicted octanol–water partition coefficient (Wildman–Crippen LogP) is 2.36. The lowest BCUT2D eigenvalue weighted by atomic mass is 10.1. The molecule has 2 aromatic heterocycles. The molecule has 0 aliphatic heterocycles. The molecule has 0 aliphatic rings. The van der Waals surface area contributed by atoms with Crippen LogP contribution < -0.4 is 5.32 Å². The minimum atomic E-state index is -0.946. The molecule has 0 aliphatic carbocycles. The number of carboxylic acids is 1. The molecule has 0 spiro atoms. The zero-order chi connectivity index (χ0) is 15.4. The zero-order valence-corrected chi connectivity index (χ0v) is 12.3. The van der Waals surface area contributed by atoms with Crippen LogP contribution in [-0.4, -0.2) is 32.4 Å². The molecule has 0 fully saturated rings. The Bertz CT molecular complexity index is 669. The summed E-state index contributed by atoms with van der Waals surface area (Å²) in [6.45, 7) is 1.93. The molecule has 2 N–H and O–H groups in total. The monoisotopic (exact) mass is 309 g/mol. The summed E-state index contributed by atoms with van der Waals surface area (Å²) < 4.78 is 1.58. The summed E-state index contributed by atoms with van der Waals surface area (Å²) in [7, 11) is 0. The number of halogens is 1. The van der Waals surface area contributed by atoms with Gasteiger partial charge in [-0.05, 0) is 18.6 Å². The van der Waals surface area contributed by atoms with E-state index in [2.05, 4.69) is 10.3 Å². The van der Waals surface area contributed by atoms with Crippen molar-refractivity contribution < 1.29 is 14.7 Å². The van der Waals surface area contributed by atoms with Gasteiger partial charge < -0.3 is 10.4 Å². The number of carbonyl (C=O) groups is 2.